The van der Waals surface area contributed by atoms with E-state index in [2.05, 4.69) is 25.8 Å². The smallest absolute Gasteiger partial charge is 0.146 e. The third-order valence-corrected chi connectivity index (χ3v) is 2.91. The quantitative estimate of drug-likeness (QED) is 0.718. The molecule has 0 bridgehead atoms. The molecule has 1 heterocycles. The summed E-state index contributed by atoms with van der Waals surface area (Å²) in [6, 6.07) is 0.198. The van der Waals surface area contributed by atoms with Crippen molar-refractivity contribution < 1.29 is 4.79 Å². The molecule has 2 heteroatoms. The summed E-state index contributed by atoms with van der Waals surface area (Å²) in [6.45, 7) is 11.3. The second kappa shape index (κ2) is 7.00. The zero-order valence-electron chi connectivity index (χ0n) is 11.2. The lowest BCUT2D eigenvalue weighted by Gasteiger charge is -2.15. The third-order valence-electron chi connectivity index (χ3n) is 2.91. The first-order chi connectivity index (χ1) is 7.00. The van der Waals surface area contributed by atoms with Crippen molar-refractivity contribution >= 4 is 5.78 Å². The van der Waals surface area contributed by atoms with Crippen molar-refractivity contribution in [1.82, 2.24) is 4.90 Å². The van der Waals surface area contributed by atoms with Crippen LogP contribution < -0.4 is 0 Å². The van der Waals surface area contributed by atoms with Crippen molar-refractivity contribution in [2.24, 2.45) is 11.8 Å². The molecule has 2 unspecified atom stereocenters. The largest absolute Gasteiger partial charge is 0.298 e. The van der Waals surface area contributed by atoms with Gasteiger partial charge in [0.25, 0.3) is 0 Å². The number of rotatable bonds is 3. The van der Waals surface area contributed by atoms with Gasteiger partial charge in [0.2, 0.25) is 0 Å². The molecule has 0 amide bonds. The normalized spacial score (nSPS) is 26.3. The van der Waals surface area contributed by atoms with Gasteiger partial charge in [-0.1, -0.05) is 27.7 Å². The zero-order chi connectivity index (χ0) is 12.0. The van der Waals surface area contributed by atoms with E-state index in [0.29, 0.717) is 5.78 Å². The van der Waals surface area contributed by atoms with Gasteiger partial charge in [-0.2, -0.15) is 0 Å². The summed E-state index contributed by atoms with van der Waals surface area (Å²) >= 11 is 0. The number of likely N-dealkylation sites (tertiary alicyclic amines) is 1. The molecule has 0 radical (unpaired) electrons. The predicted octanol–water partition coefficient (Wildman–Crippen LogP) is 2.97. The summed E-state index contributed by atoms with van der Waals surface area (Å²) in [4.78, 5) is 13.4. The van der Waals surface area contributed by atoms with Crippen LogP contribution in [0.2, 0.25) is 0 Å². The Morgan fingerprint density at radius 3 is 2.27 bits per heavy atom. The second-order valence-electron chi connectivity index (χ2n) is 4.80. The number of hydrogen-bond acceptors (Lipinski definition) is 2. The molecular weight excluding hydrogens is 186 g/mol. The van der Waals surface area contributed by atoms with Gasteiger partial charge in [0, 0.05) is 6.54 Å². The summed E-state index contributed by atoms with van der Waals surface area (Å²) < 4.78 is 0. The van der Waals surface area contributed by atoms with Crippen LogP contribution in [0.15, 0.2) is 0 Å². The van der Waals surface area contributed by atoms with E-state index in [9.17, 15) is 4.79 Å². The lowest BCUT2D eigenvalue weighted by Crippen LogP contribution is -2.30. The highest BCUT2D eigenvalue weighted by atomic mass is 16.1. The van der Waals surface area contributed by atoms with Crippen LogP contribution >= 0.6 is 0 Å². The minimum absolute atomic E-state index is 0.198. The number of Topliss-reactive ketones (excluding diaryl/α,β-unsaturated/α-hetero) is 1. The molecule has 0 aromatic rings. The summed E-state index contributed by atoms with van der Waals surface area (Å²) in [5, 5.41) is 0. The summed E-state index contributed by atoms with van der Waals surface area (Å²) in [7, 11) is 2.06. The van der Waals surface area contributed by atoms with Crippen molar-refractivity contribution in [3.05, 3.63) is 0 Å². The molecule has 1 aliphatic heterocycles. The van der Waals surface area contributed by atoms with Crippen LogP contribution in [0.3, 0.4) is 0 Å². The molecule has 2 nitrogen and oxygen atoms in total. The maximum atomic E-state index is 11.2. The molecule has 1 saturated heterocycles. The fourth-order valence-corrected chi connectivity index (χ4v) is 2.42. The van der Waals surface area contributed by atoms with Crippen molar-refractivity contribution in [2.75, 3.05) is 13.6 Å². The van der Waals surface area contributed by atoms with Gasteiger partial charge in [0.05, 0.1) is 6.04 Å². The maximum absolute atomic E-state index is 11.2. The second-order valence-corrected chi connectivity index (χ2v) is 4.80. The first-order valence-corrected chi connectivity index (χ1v) is 6.21. The topological polar surface area (TPSA) is 20.3 Å². The molecule has 0 spiro atoms. The van der Waals surface area contributed by atoms with E-state index < -0.39 is 0 Å². The fraction of sp³-hybridized carbons (Fsp3) is 0.923. The molecule has 0 aromatic heterocycles. The van der Waals surface area contributed by atoms with Crippen LogP contribution in [0, 0.1) is 11.8 Å². The summed E-state index contributed by atoms with van der Waals surface area (Å²) in [6.07, 6.45) is 2.33. The molecule has 0 N–H and O–H groups in total. The Kier molecular flexibility index (Phi) is 6.82. The van der Waals surface area contributed by atoms with Crippen LogP contribution in [0.4, 0.5) is 0 Å². The van der Waals surface area contributed by atoms with Crippen molar-refractivity contribution in [1.29, 1.82) is 0 Å². The van der Waals surface area contributed by atoms with Crippen LogP contribution in [0.5, 0.6) is 0 Å². The molecular formula is C13H27NO. The lowest BCUT2D eigenvalue weighted by atomic mass is 9.94. The van der Waals surface area contributed by atoms with Gasteiger partial charge in [-0.05, 0) is 38.6 Å². The van der Waals surface area contributed by atoms with Gasteiger partial charge >= 0.3 is 0 Å². The van der Waals surface area contributed by atoms with E-state index in [-0.39, 0.29) is 6.04 Å². The van der Waals surface area contributed by atoms with Crippen LogP contribution in [0.25, 0.3) is 0 Å². The van der Waals surface area contributed by atoms with Crippen molar-refractivity contribution in [3.63, 3.8) is 0 Å². The van der Waals surface area contributed by atoms with Crippen LogP contribution in [-0.4, -0.2) is 30.3 Å². The van der Waals surface area contributed by atoms with Gasteiger partial charge in [0.1, 0.15) is 5.78 Å². The minimum atomic E-state index is 0.198. The van der Waals surface area contributed by atoms with Gasteiger partial charge in [-0.15, -0.1) is 0 Å². The highest BCUT2D eigenvalue weighted by molar-refractivity contribution is 5.81. The van der Waals surface area contributed by atoms with E-state index in [1.165, 1.54) is 6.42 Å². The number of hydrogen-bond donors (Lipinski definition) is 0. The van der Waals surface area contributed by atoms with E-state index in [1.807, 2.05) is 13.8 Å². The monoisotopic (exact) mass is 213 g/mol. The molecule has 2 atom stereocenters. The SMILES string of the molecule is CC.CC(=O)C1CC(CC(C)C)CN1C. The average Bonchev–Trinajstić information content (AvgIpc) is 2.49. The minimum Gasteiger partial charge on any atom is -0.298 e. The molecule has 1 rings (SSSR count). The molecule has 90 valence electrons. The molecule has 1 fully saturated rings. The van der Waals surface area contributed by atoms with Gasteiger partial charge < -0.3 is 0 Å². The Hall–Kier alpha value is -0.370. The van der Waals surface area contributed by atoms with Crippen LogP contribution in [-0.2, 0) is 4.79 Å². The molecule has 1 aliphatic rings. The number of carbonyl (C=O) groups excluding carboxylic acids is 1. The summed E-state index contributed by atoms with van der Waals surface area (Å²) in [5.41, 5.74) is 0. The highest BCUT2D eigenvalue weighted by Gasteiger charge is 2.32. The lowest BCUT2D eigenvalue weighted by molar-refractivity contribution is -0.120. The van der Waals surface area contributed by atoms with E-state index >= 15 is 0 Å². The third kappa shape index (κ3) is 4.78. The Balaban J connectivity index is 0.000000921. The predicted molar refractivity (Wildman–Crippen MR) is 66.0 cm³/mol. The Morgan fingerprint density at radius 1 is 1.40 bits per heavy atom. The Labute approximate surface area is 95.0 Å². The molecule has 0 saturated carbocycles. The fourth-order valence-electron chi connectivity index (χ4n) is 2.42. The van der Waals surface area contributed by atoms with Gasteiger partial charge in [-0.25, -0.2) is 0 Å². The van der Waals surface area contributed by atoms with E-state index in [4.69, 9.17) is 0 Å². The first-order valence-electron chi connectivity index (χ1n) is 6.21. The maximum Gasteiger partial charge on any atom is 0.146 e. The molecule has 0 aromatic carbocycles. The molecule has 15 heavy (non-hydrogen) atoms. The standard InChI is InChI=1S/C11H21NO.C2H6/c1-8(2)5-10-6-11(9(3)13)12(4)7-10;1-2/h8,10-11H,5-7H2,1-4H3;1-2H3. The molecule has 0 aliphatic carbocycles. The van der Waals surface area contributed by atoms with E-state index in [0.717, 1.165) is 24.8 Å². The number of nitrogens with zero attached hydrogens (tertiary/aromatic N) is 1. The number of carbonyl (C=O) groups is 1. The average molecular weight is 213 g/mol. The van der Waals surface area contributed by atoms with Gasteiger partial charge in [0.15, 0.2) is 0 Å². The highest BCUT2D eigenvalue weighted by Crippen LogP contribution is 2.27. The van der Waals surface area contributed by atoms with Gasteiger partial charge in [-0.3, -0.25) is 9.69 Å². The zero-order valence-corrected chi connectivity index (χ0v) is 11.2. The van der Waals surface area contributed by atoms with Crippen LogP contribution in [0.1, 0.15) is 47.5 Å². The Morgan fingerprint density at radius 2 is 1.93 bits per heavy atom. The first kappa shape index (κ1) is 14.6. The number of ketones is 1. The van der Waals surface area contributed by atoms with E-state index in [1.54, 1.807) is 6.92 Å². The Bertz CT molecular complexity index is 189. The summed E-state index contributed by atoms with van der Waals surface area (Å²) in [5.74, 6) is 1.82. The van der Waals surface area contributed by atoms with Crippen molar-refractivity contribution in [3.8, 4) is 0 Å². The number of likely N-dealkylation sites (N-methyl/N-ethyl adjacent to an activating group) is 1. The van der Waals surface area contributed by atoms with Crippen molar-refractivity contribution in [2.45, 2.75) is 53.5 Å².